The van der Waals surface area contributed by atoms with Gasteiger partial charge in [0.15, 0.2) is 21.2 Å². The van der Waals surface area contributed by atoms with E-state index < -0.39 is 50.4 Å². The van der Waals surface area contributed by atoms with Gasteiger partial charge in [-0.1, -0.05) is 57.2 Å². The highest BCUT2D eigenvalue weighted by atomic mass is 127. The quantitative estimate of drug-likeness (QED) is 0.0682. The molecule has 1 aliphatic rings. The van der Waals surface area contributed by atoms with Crippen LogP contribution in [0.1, 0.15) is 47.3 Å². The van der Waals surface area contributed by atoms with Crippen LogP contribution in [0.3, 0.4) is 0 Å². The Bertz CT molecular complexity index is 1840. The zero-order valence-corrected chi connectivity index (χ0v) is 30.5. The molecule has 1 aliphatic heterocycles. The topological polar surface area (TPSA) is 202 Å². The number of aliphatic hydroxyl groups excluding tert-OH is 1. The Morgan fingerprint density at radius 2 is 1.92 bits per heavy atom. The van der Waals surface area contributed by atoms with Gasteiger partial charge in [0.25, 0.3) is 0 Å². The summed E-state index contributed by atoms with van der Waals surface area (Å²) in [7, 11) is -2.98. The lowest BCUT2D eigenvalue weighted by Gasteiger charge is -2.28. The molecule has 0 bridgehead atoms. The molecule has 6 atom stereocenters. The van der Waals surface area contributed by atoms with Gasteiger partial charge in [0, 0.05) is 28.0 Å². The van der Waals surface area contributed by atoms with Gasteiger partial charge in [0.05, 0.1) is 20.3 Å². The highest BCUT2D eigenvalue weighted by Crippen LogP contribution is 2.49. The number of hydrogen-bond acceptors (Lipinski definition) is 13. The molecule has 1 saturated heterocycles. The van der Waals surface area contributed by atoms with Crippen molar-refractivity contribution in [2.75, 3.05) is 26.1 Å². The molecule has 5 rings (SSSR count). The van der Waals surface area contributed by atoms with Crippen molar-refractivity contribution in [3.8, 4) is 11.6 Å². The number of halogens is 1. The van der Waals surface area contributed by atoms with Gasteiger partial charge in [-0.05, 0) is 37.1 Å². The number of carbonyl (C=O) groups excluding carboxylic acids is 1. The van der Waals surface area contributed by atoms with Crippen LogP contribution < -0.4 is 20.1 Å². The second kappa shape index (κ2) is 14.0. The molecule has 15 nitrogen and oxygen atoms in total. The number of nitrogens with one attached hydrogen (secondary N) is 1. The molecule has 2 aromatic heterocycles. The lowest BCUT2D eigenvalue weighted by atomic mass is 9.93. The molecule has 260 valence electrons. The third-order valence-electron chi connectivity index (χ3n) is 7.84. The summed E-state index contributed by atoms with van der Waals surface area (Å²) in [5.41, 5.74) is 4.40. The van der Waals surface area contributed by atoms with E-state index in [-0.39, 0.29) is 40.8 Å². The number of anilines is 1. The maximum Gasteiger partial charge on any atom is 0.459 e. The van der Waals surface area contributed by atoms with Gasteiger partial charge in [-0.25, -0.2) is 9.55 Å². The fourth-order valence-corrected chi connectivity index (χ4v) is 7.42. The van der Waals surface area contributed by atoms with Crippen molar-refractivity contribution in [3.63, 3.8) is 0 Å². The number of esters is 1. The third-order valence-corrected chi connectivity index (χ3v) is 10.2. The normalized spacial score (nSPS) is 23.2. The smallest absolute Gasteiger partial charge is 0.459 e. The summed E-state index contributed by atoms with van der Waals surface area (Å²) in [5.74, 6) is -0.391. The molecule has 0 radical (unpaired) electrons. The molecule has 5 N–H and O–H groups in total. The fraction of sp³-hybridized carbons (Fsp3) is 0.484. The summed E-state index contributed by atoms with van der Waals surface area (Å²) in [6.45, 7) is 8.61. The van der Waals surface area contributed by atoms with Gasteiger partial charge < -0.3 is 34.7 Å². The lowest BCUT2D eigenvalue weighted by molar-refractivity contribution is -0.146. The third kappa shape index (κ3) is 7.69. The van der Waals surface area contributed by atoms with E-state index >= 15 is 0 Å². The number of rotatable bonds is 12. The molecule has 3 heterocycles. The molecule has 0 spiro atoms. The first kappa shape index (κ1) is 36.2. The zero-order valence-electron chi connectivity index (χ0n) is 27.4. The number of fused-ring (bicyclic) bond motifs is 2. The largest absolute Gasteiger partial charge is 0.479 e. The van der Waals surface area contributed by atoms with Gasteiger partial charge in [0.2, 0.25) is 11.8 Å². The SMILES string of the molecule is COc1nc(N)nc2c1nc(I)n2[C@@H]1O[C@H](COP(=O)(N[C@@H](C)C(=O)OCCC(C)(C)C)Oc2cccc3ccccc23)[C@@H](O)[C@@]1(C)O. The monoisotopic (exact) mass is 798 g/mol. The van der Waals surface area contributed by atoms with E-state index in [1.807, 2.05) is 67.6 Å². The standard InChI is InChI=1S/C31H40IN6O9P/c1-17(26(40)44-15-14-30(2,3)4)37-48(42,47-20-13-9-11-18-10-7-8-12-19(18)20)45-16-21-23(39)31(5,41)27(46-21)38-24-22(34-28(38)32)25(43-6)36-29(33)35-24/h7-13,17,21,23,27,39,41H,14-16H2,1-6H3,(H,37,42)(H2,33,35,36)/t17-,21+,23+,27+,31+,48?/m0/s1. The van der Waals surface area contributed by atoms with Crippen LogP contribution in [-0.4, -0.2) is 79.9 Å². The van der Waals surface area contributed by atoms with E-state index in [0.29, 0.717) is 15.6 Å². The Morgan fingerprint density at radius 1 is 1.21 bits per heavy atom. The van der Waals surface area contributed by atoms with Crippen LogP contribution in [0.2, 0.25) is 0 Å². The van der Waals surface area contributed by atoms with Crippen LogP contribution in [0, 0.1) is 9.25 Å². The maximum absolute atomic E-state index is 14.4. The lowest BCUT2D eigenvalue weighted by Crippen LogP contribution is -2.45. The molecule has 2 aromatic carbocycles. The summed E-state index contributed by atoms with van der Waals surface area (Å²) in [6, 6.07) is 11.5. The van der Waals surface area contributed by atoms with Crippen LogP contribution in [0.4, 0.5) is 5.95 Å². The minimum Gasteiger partial charge on any atom is -0.479 e. The number of nitrogen functional groups attached to an aromatic ring is 1. The molecule has 0 aliphatic carbocycles. The number of aromatic nitrogens is 4. The second-order valence-electron chi connectivity index (χ2n) is 12.9. The van der Waals surface area contributed by atoms with Crippen molar-refractivity contribution in [3.05, 3.63) is 46.3 Å². The Hall–Kier alpha value is -3.12. The van der Waals surface area contributed by atoms with Crippen LogP contribution in [-0.2, 0) is 23.4 Å². The maximum atomic E-state index is 14.4. The molecule has 48 heavy (non-hydrogen) atoms. The summed E-state index contributed by atoms with van der Waals surface area (Å²) in [4.78, 5) is 25.7. The number of imidazole rings is 1. The van der Waals surface area contributed by atoms with Gasteiger partial charge >= 0.3 is 13.7 Å². The minimum absolute atomic E-state index is 0.0549. The molecule has 0 amide bonds. The Balaban J connectivity index is 1.40. The van der Waals surface area contributed by atoms with Crippen LogP contribution in [0.5, 0.6) is 11.6 Å². The number of carbonyl (C=O) groups is 1. The van der Waals surface area contributed by atoms with Gasteiger partial charge in [-0.2, -0.15) is 15.1 Å². The van der Waals surface area contributed by atoms with Crippen molar-refractivity contribution < 1.29 is 42.8 Å². The first-order valence-corrected chi connectivity index (χ1v) is 17.8. The number of aliphatic hydroxyl groups is 2. The van der Waals surface area contributed by atoms with Crippen molar-refractivity contribution in [2.24, 2.45) is 5.41 Å². The fourth-order valence-electron chi connectivity index (χ4n) is 5.18. The van der Waals surface area contributed by atoms with Gasteiger partial charge in [0.1, 0.15) is 29.6 Å². The predicted octanol–water partition coefficient (Wildman–Crippen LogP) is 4.35. The van der Waals surface area contributed by atoms with Crippen molar-refractivity contribution >= 4 is 64.2 Å². The second-order valence-corrected chi connectivity index (χ2v) is 15.6. The van der Waals surface area contributed by atoms with Gasteiger partial charge in [-0.3, -0.25) is 13.9 Å². The first-order chi connectivity index (χ1) is 22.5. The molecule has 1 fully saturated rings. The number of ether oxygens (including phenoxy) is 3. The zero-order chi connectivity index (χ0) is 35.0. The average molecular weight is 799 g/mol. The first-order valence-electron chi connectivity index (χ1n) is 15.2. The molecule has 1 unspecified atom stereocenters. The Labute approximate surface area is 291 Å². The van der Waals surface area contributed by atoms with Crippen molar-refractivity contribution in [2.45, 2.75) is 71.1 Å². The highest BCUT2D eigenvalue weighted by Gasteiger charge is 2.55. The summed E-state index contributed by atoms with van der Waals surface area (Å²) in [5, 5.41) is 27.0. The highest BCUT2D eigenvalue weighted by molar-refractivity contribution is 14.1. The molecule has 17 heteroatoms. The van der Waals surface area contributed by atoms with E-state index in [0.717, 1.165) is 5.39 Å². The summed E-state index contributed by atoms with van der Waals surface area (Å²) >= 11 is 1.93. The number of methoxy groups -OCH3 is 1. The van der Waals surface area contributed by atoms with Gasteiger partial charge in [-0.15, -0.1) is 0 Å². The molecule has 4 aromatic rings. The number of hydrogen-bond donors (Lipinski definition) is 4. The van der Waals surface area contributed by atoms with E-state index in [9.17, 15) is 19.6 Å². The van der Waals surface area contributed by atoms with Crippen LogP contribution in [0.25, 0.3) is 21.9 Å². The molecular formula is C31H40IN6O9P. The van der Waals surface area contributed by atoms with E-state index in [2.05, 4.69) is 20.0 Å². The summed E-state index contributed by atoms with van der Waals surface area (Å²) in [6.07, 6.45) is -3.37. The minimum atomic E-state index is -4.38. The molecular weight excluding hydrogens is 758 g/mol. The number of benzene rings is 2. The van der Waals surface area contributed by atoms with E-state index in [4.69, 9.17) is 29.0 Å². The van der Waals surface area contributed by atoms with Crippen LogP contribution in [0.15, 0.2) is 42.5 Å². The van der Waals surface area contributed by atoms with E-state index in [1.54, 1.807) is 18.2 Å². The average Bonchev–Trinajstić information content (AvgIpc) is 3.45. The van der Waals surface area contributed by atoms with Crippen molar-refractivity contribution in [1.29, 1.82) is 0 Å². The molecule has 0 saturated carbocycles. The Kier molecular flexibility index (Phi) is 10.6. The predicted molar refractivity (Wildman–Crippen MR) is 185 cm³/mol. The Morgan fingerprint density at radius 3 is 2.62 bits per heavy atom. The van der Waals surface area contributed by atoms with Crippen LogP contribution >= 0.6 is 30.3 Å². The van der Waals surface area contributed by atoms with Crippen molar-refractivity contribution in [1.82, 2.24) is 24.6 Å². The number of nitrogens with two attached hydrogens (primary N) is 1. The number of nitrogens with zero attached hydrogens (tertiary/aromatic N) is 4. The summed E-state index contributed by atoms with van der Waals surface area (Å²) < 4.78 is 45.0. The van der Waals surface area contributed by atoms with E-state index in [1.165, 1.54) is 25.5 Å².